The molecule has 7 heteroatoms. The molecule has 0 saturated heterocycles. The van der Waals surface area contributed by atoms with Crippen LogP contribution < -0.4 is 0 Å². The molecule has 0 heterocycles. The van der Waals surface area contributed by atoms with Crippen molar-refractivity contribution in [1.29, 1.82) is 0 Å². The highest BCUT2D eigenvalue weighted by Crippen LogP contribution is 2.20. The first kappa shape index (κ1) is 17.1. The third-order valence-electron chi connectivity index (χ3n) is 2.22. The number of hydrogen-bond donors (Lipinski definition) is 5. The van der Waals surface area contributed by atoms with E-state index in [1.807, 2.05) is 6.92 Å². The fourth-order valence-electron chi connectivity index (χ4n) is 1.27. The molecule has 0 amide bonds. The summed E-state index contributed by atoms with van der Waals surface area (Å²) in [6.45, 7) is 3.29. The summed E-state index contributed by atoms with van der Waals surface area (Å²) in [5, 5.41) is 46.7. The molecule has 17 heavy (non-hydrogen) atoms. The second kappa shape index (κ2) is 9.09. The Bertz CT molecular complexity index is 188. The Kier molecular flexibility index (Phi) is 9.15. The van der Waals surface area contributed by atoms with Crippen LogP contribution in [-0.2, 0) is 4.74 Å². The molecule has 0 radical (unpaired) electrons. The fraction of sp³-hybridized carbons (Fsp3) is 1.00. The maximum Gasteiger partial charge on any atom is 0.131 e. The van der Waals surface area contributed by atoms with Crippen molar-refractivity contribution in [3.05, 3.63) is 0 Å². The van der Waals surface area contributed by atoms with Gasteiger partial charge in [-0.05, 0) is 12.7 Å². The van der Waals surface area contributed by atoms with Gasteiger partial charge >= 0.3 is 0 Å². The molecule has 0 aliphatic rings. The van der Waals surface area contributed by atoms with Crippen LogP contribution in [0.25, 0.3) is 0 Å². The molecule has 0 aromatic carbocycles. The van der Waals surface area contributed by atoms with Crippen molar-refractivity contribution < 1.29 is 30.3 Å². The molecule has 0 aliphatic carbocycles. The standard InChI is InChI=1S/C10H22O6S/c1-3-16-10(17-4-2)9(15)8(14)7(13)6(12)5-11/h6-15H,3-5H2,1-2H3/t6-,7-,8-,9-,10+/m1/s1. The largest absolute Gasteiger partial charge is 0.394 e. The van der Waals surface area contributed by atoms with E-state index in [2.05, 4.69) is 0 Å². The predicted molar refractivity (Wildman–Crippen MR) is 64.7 cm³/mol. The summed E-state index contributed by atoms with van der Waals surface area (Å²) in [6, 6.07) is 0. The molecule has 0 aliphatic heterocycles. The van der Waals surface area contributed by atoms with Gasteiger partial charge in [0.15, 0.2) is 0 Å². The maximum absolute atomic E-state index is 9.81. The molecule has 5 atom stereocenters. The Hall–Kier alpha value is 0.110. The SMILES string of the molecule is CCO[C@@H](SCC)[C@H](O)[C@H](O)[C@H](O)[C@H](O)CO. The predicted octanol–water partition coefficient (Wildman–Crippen LogP) is -1.46. The van der Waals surface area contributed by atoms with Gasteiger partial charge < -0.3 is 30.3 Å². The number of aliphatic hydroxyl groups is 5. The van der Waals surface area contributed by atoms with Crippen LogP contribution in [0.15, 0.2) is 0 Å². The summed E-state index contributed by atoms with van der Waals surface area (Å²) >= 11 is 1.29. The normalized spacial score (nSPS) is 20.6. The molecule has 0 rings (SSSR count). The molecule has 0 fully saturated rings. The lowest BCUT2D eigenvalue weighted by atomic mass is 10.0. The molecule has 0 spiro atoms. The lowest BCUT2D eigenvalue weighted by Crippen LogP contribution is -2.49. The third kappa shape index (κ3) is 5.52. The average molecular weight is 270 g/mol. The zero-order valence-corrected chi connectivity index (χ0v) is 10.9. The number of hydrogen-bond acceptors (Lipinski definition) is 7. The minimum absolute atomic E-state index is 0.361. The first-order valence-electron chi connectivity index (χ1n) is 5.55. The molecule has 5 N–H and O–H groups in total. The fourth-order valence-corrected chi connectivity index (χ4v) is 2.19. The van der Waals surface area contributed by atoms with Crippen LogP contribution in [0.4, 0.5) is 0 Å². The minimum Gasteiger partial charge on any atom is -0.394 e. The van der Waals surface area contributed by atoms with Crippen molar-refractivity contribution >= 4 is 11.8 Å². The lowest BCUT2D eigenvalue weighted by Gasteiger charge is -2.30. The van der Waals surface area contributed by atoms with E-state index < -0.39 is 36.5 Å². The molecule has 6 nitrogen and oxygen atoms in total. The van der Waals surface area contributed by atoms with E-state index in [0.717, 1.165) is 0 Å². The zero-order chi connectivity index (χ0) is 13.4. The van der Waals surface area contributed by atoms with E-state index in [0.29, 0.717) is 12.4 Å². The number of thioether (sulfide) groups is 1. The van der Waals surface area contributed by atoms with Gasteiger partial charge in [0.25, 0.3) is 0 Å². The molecule has 0 bridgehead atoms. The minimum atomic E-state index is -1.62. The van der Waals surface area contributed by atoms with Gasteiger partial charge in [-0.1, -0.05) is 6.92 Å². The summed E-state index contributed by atoms with van der Waals surface area (Å²) in [5.74, 6) is 0.674. The van der Waals surface area contributed by atoms with Gasteiger partial charge in [-0.15, -0.1) is 11.8 Å². The monoisotopic (exact) mass is 270 g/mol. The summed E-state index contributed by atoms with van der Waals surface area (Å²) < 4.78 is 5.23. The highest BCUT2D eigenvalue weighted by atomic mass is 32.2. The van der Waals surface area contributed by atoms with Crippen molar-refractivity contribution in [2.45, 2.75) is 43.7 Å². The van der Waals surface area contributed by atoms with Crippen LogP contribution >= 0.6 is 11.8 Å². The van der Waals surface area contributed by atoms with Gasteiger partial charge in [0.05, 0.1) is 6.61 Å². The number of rotatable bonds is 9. The van der Waals surface area contributed by atoms with E-state index in [4.69, 9.17) is 14.9 Å². The lowest BCUT2D eigenvalue weighted by molar-refractivity contribution is -0.134. The Morgan fingerprint density at radius 2 is 1.59 bits per heavy atom. The Morgan fingerprint density at radius 3 is 2.00 bits per heavy atom. The first-order chi connectivity index (χ1) is 7.99. The molecule has 104 valence electrons. The van der Waals surface area contributed by atoms with Crippen molar-refractivity contribution in [2.75, 3.05) is 19.0 Å². The van der Waals surface area contributed by atoms with Crippen molar-refractivity contribution in [1.82, 2.24) is 0 Å². The van der Waals surface area contributed by atoms with Gasteiger partial charge in [-0.25, -0.2) is 0 Å². The van der Waals surface area contributed by atoms with Gasteiger partial charge in [-0.2, -0.15) is 0 Å². The smallest absolute Gasteiger partial charge is 0.131 e. The third-order valence-corrected chi connectivity index (χ3v) is 3.30. The summed E-state index contributed by atoms with van der Waals surface area (Å²) in [5.41, 5.74) is -0.680. The van der Waals surface area contributed by atoms with E-state index in [-0.39, 0.29) is 0 Å². The summed E-state index contributed by atoms with van der Waals surface area (Å²) in [4.78, 5) is 0. The highest BCUT2D eigenvalue weighted by molar-refractivity contribution is 7.99. The molecular weight excluding hydrogens is 248 g/mol. The van der Waals surface area contributed by atoms with Gasteiger partial charge in [-0.3, -0.25) is 0 Å². The van der Waals surface area contributed by atoms with Crippen LogP contribution in [-0.4, -0.2) is 74.4 Å². The van der Waals surface area contributed by atoms with Gasteiger partial charge in [0, 0.05) is 6.61 Å². The van der Waals surface area contributed by atoms with Crippen LogP contribution in [0.1, 0.15) is 13.8 Å². The quantitative estimate of drug-likeness (QED) is 0.326. The number of ether oxygens (including phenoxy) is 1. The Balaban J connectivity index is 4.46. The number of aliphatic hydroxyl groups excluding tert-OH is 5. The summed E-state index contributed by atoms with van der Waals surface area (Å²) in [7, 11) is 0. The second-order valence-electron chi connectivity index (χ2n) is 3.50. The zero-order valence-electron chi connectivity index (χ0n) is 10.1. The molecule has 0 aromatic rings. The topological polar surface area (TPSA) is 110 Å². The van der Waals surface area contributed by atoms with E-state index in [1.165, 1.54) is 11.8 Å². The summed E-state index contributed by atoms with van der Waals surface area (Å²) in [6.07, 6.45) is -6.02. The van der Waals surface area contributed by atoms with Gasteiger partial charge in [0.2, 0.25) is 0 Å². The van der Waals surface area contributed by atoms with Crippen molar-refractivity contribution in [3.8, 4) is 0 Å². The molecule has 0 saturated carbocycles. The van der Waals surface area contributed by atoms with Crippen molar-refractivity contribution in [3.63, 3.8) is 0 Å². The van der Waals surface area contributed by atoms with E-state index in [1.54, 1.807) is 6.92 Å². The van der Waals surface area contributed by atoms with Crippen LogP contribution in [0.5, 0.6) is 0 Å². The van der Waals surface area contributed by atoms with E-state index in [9.17, 15) is 15.3 Å². The second-order valence-corrected chi connectivity index (χ2v) is 4.88. The van der Waals surface area contributed by atoms with Crippen LogP contribution in [0.3, 0.4) is 0 Å². The van der Waals surface area contributed by atoms with E-state index >= 15 is 0 Å². The maximum atomic E-state index is 9.81. The van der Waals surface area contributed by atoms with Crippen LogP contribution in [0, 0.1) is 0 Å². The Morgan fingerprint density at radius 1 is 1.00 bits per heavy atom. The van der Waals surface area contributed by atoms with Crippen LogP contribution in [0.2, 0.25) is 0 Å². The van der Waals surface area contributed by atoms with Gasteiger partial charge in [0.1, 0.15) is 29.9 Å². The molecule has 0 aromatic heterocycles. The first-order valence-corrected chi connectivity index (χ1v) is 6.60. The highest BCUT2D eigenvalue weighted by Gasteiger charge is 2.35. The van der Waals surface area contributed by atoms with Crippen molar-refractivity contribution in [2.24, 2.45) is 0 Å². The average Bonchev–Trinajstić information content (AvgIpc) is 2.34. The Labute approximate surface area is 105 Å². The molecule has 0 unspecified atom stereocenters. The molecular formula is C10H22O6S.